The molecule has 1 N–H and O–H groups in total. The van der Waals surface area contributed by atoms with Crippen molar-refractivity contribution in [1.29, 1.82) is 0 Å². The van der Waals surface area contributed by atoms with Crippen LogP contribution in [-0.4, -0.2) is 5.91 Å². The molecule has 1 amide bonds. The van der Waals surface area contributed by atoms with Gasteiger partial charge >= 0.3 is 0 Å². The van der Waals surface area contributed by atoms with Gasteiger partial charge in [-0.3, -0.25) is 9.63 Å². The molecule has 0 atom stereocenters. The third kappa shape index (κ3) is 4.73. The highest BCUT2D eigenvalue weighted by molar-refractivity contribution is 9.10. The number of benzene rings is 1. The Morgan fingerprint density at radius 2 is 2.05 bits per heavy atom. The van der Waals surface area contributed by atoms with Gasteiger partial charge in [0.05, 0.1) is 6.61 Å². The van der Waals surface area contributed by atoms with E-state index in [-0.39, 0.29) is 5.91 Å². The molecule has 0 unspecified atom stereocenters. The van der Waals surface area contributed by atoms with Crippen LogP contribution in [0, 0.1) is 0 Å². The Morgan fingerprint density at radius 1 is 1.26 bits per heavy atom. The molecule has 0 fully saturated rings. The summed E-state index contributed by atoms with van der Waals surface area (Å²) in [5, 5.41) is 0. The maximum absolute atomic E-state index is 11.4. The lowest BCUT2D eigenvalue weighted by Gasteiger charge is -2.02. The summed E-state index contributed by atoms with van der Waals surface area (Å²) < 4.78 is 5.84. The molecule has 0 spiro atoms. The molecule has 0 aliphatic rings. The van der Waals surface area contributed by atoms with Crippen LogP contribution in [0.15, 0.2) is 57.6 Å². The monoisotopic (exact) mass is 321 g/mol. The van der Waals surface area contributed by atoms with Gasteiger partial charge in [-0.1, -0.05) is 30.3 Å². The number of amides is 1. The first kappa shape index (κ1) is 13.6. The van der Waals surface area contributed by atoms with Crippen molar-refractivity contribution in [3.63, 3.8) is 0 Å². The summed E-state index contributed by atoms with van der Waals surface area (Å²) in [6.45, 7) is 0.326. The Hall–Kier alpha value is -1.85. The molecule has 5 heteroatoms. The fourth-order valence-electron chi connectivity index (χ4n) is 1.37. The second-order valence-corrected chi connectivity index (χ2v) is 4.50. The molecule has 0 aliphatic carbocycles. The van der Waals surface area contributed by atoms with Gasteiger partial charge in [-0.05, 0) is 39.7 Å². The lowest BCUT2D eigenvalue weighted by Crippen LogP contribution is -2.21. The molecule has 1 aromatic heterocycles. The van der Waals surface area contributed by atoms with E-state index in [4.69, 9.17) is 9.25 Å². The molecule has 2 rings (SSSR count). The molecule has 1 aromatic carbocycles. The van der Waals surface area contributed by atoms with E-state index in [2.05, 4.69) is 21.4 Å². The summed E-state index contributed by atoms with van der Waals surface area (Å²) in [5.74, 6) is 0.244. The van der Waals surface area contributed by atoms with Crippen LogP contribution in [-0.2, 0) is 16.2 Å². The largest absolute Gasteiger partial charge is 0.450 e. The molecule has 19 heavy (non-hydrogen) atoms. The molecular formula is C14H12BrNO3. The lowest BCUT2D eigenvalue weighted by atomic mass is 10.2. The predicted octanol–water partition coefficient (Wildman–Crippen LogP) is 3.30. The molecule has 0 saturated heterocycles. The molecular weight excluding hydrogens is 310 g/mol. The minimum Gasteiger partial charge on any atom is -0.450 e. The van der Waals surface area contributed by atoms with Gasteiger partial charge in [0.1, 0.15) is 5.76 Å². The van der Waals surface area contributed by atoms with Crippen LogP contribution in [0.5, 0.6) is 0 Å². The fourth-order valence-corrected chi connectivity index (χ4v) is 1.69. The number of hydrogen-bond donors (Lipinski definition) is 1. The SMILES string of the molecule is O=C(/C=C\c1ccc(Br)o1)NOCc1ccccc1. The molecule has 1 heterocycles. The van der Waals surface area contributed by atoms with Crippen molar-refractivity contribution in [3.05, 3.63) is 64.5 Å². The zero-order chi connectivity index (χ0) is 13.5. The summed E-state index contributed by atoms with van der Waals surface area (Å²) in [6, 6.07) is 13.1. The first-order chi connectivity index (χ1) is 9.24. The van der Waals surface area contributed by atoms with Crippen LogP contribution >= 0.6 is 15.9 Å². The number of rotatable bonds is 5. The average molecular weight is 322 g/mol. The summed E-state index contributed by atoms with van der Waals surface area (Å²) in [6.07, 6.45) is 2.90. The molecule has 4 nitrogen and oxygen atoms in total. The van der Waals surface area contributed by atoms with Crippen molar-refractivity contribution in [3.8, 4) is 0 Å². The van der Waals surface area contributed by atoms with E-state index in [1.54, 1.807) is 18.2 Å². The van der Waals surface area contributed by atoms with Crippen molar-refractivity contribution in [2.24, 2.45) is 0 Å². The first-order valence-corrected chi connectivity index (χ1v) is 6.42. The van der Waals surface area contributed by atoms with Gasteiger partial charge in [0, 0.05) is 6.08 Å². The fraction of sp³-hybridized carbons (Fsp3) is 0.0714. The van der Waals surface area contributed by atoms with Crippen molar-refractivity contribution in [1.82, 2.24) is 5.48 Å². The van der Waals surface area contributed by atoms with E-state index in [1.807, 2.05) is 30.3 Å². The van der Waals surface area contributed by atoms with Gasteiger partial charge in [-0.15, -0.1) is 0 Å². The Labute approximate surface area is 119 Å². The second-order valence-electron chi connectivity index (χ2n) is 3.72. The maximum atomic E-state index is 11.4. The Bertz CT molecular complexity index is 563. The van der Waals surface area contributed by atoms with Crippen LogP contribution < -0.4 is 5.48 Å². The molecule has 98 valence electrons. The van der Waals surface area contributed by atoms with Crippen LogP contribution in [0.25, 0.3) is 6.08 Å². The number of hydrogen-bond acceptors (Lipinski definition) is 3. The van der Waals surface area contributed by atoms with E-state index in [1.165, 1.54) is 6.08 Å². The molecule has 0 saturated carbocycles. The Balaban J connectivity index is 1.74. The second kappa shape index (κ2) is 6.92. The van der Waals surface area contributed by atoms with E-state index in [0.29, 0.717) is 17.0 Å². The molecule has 0 bridgehead atoms. The number of furan rings is 1. The van der Waals surface area contributed by atoms with Crippen LogP contribution in [0.4, 0.5) is 0 Å². The van der Waals surface area contributed by atoms with E-state index < -0.39 is 0 Å². The van der Waals surface area contributed by atoms with Gasteiger partial charge in [0.15, 0.2) is 4.67 Å². The van der Waals surface area contributed by atoms with Gasteiger partial charge in [0.2, 0.25) is 0 Å². The number of hydroxylamine groups is 1. The van der Waals surface area contributed by atoms with Gasteiger partial charge < -0.3 is 4.42 Å². The highest BCUT2D eigenvalue weighted by atomic mass is 79.9. The van der Waals surface area contributed by atoms with E-state index in [9.17, 15) is 4.79 Å². The van der Waals surface area contributed by atoms with Crippen molar-refractivity contribution in [2.45, 2.75) is 6.61 Å². The van der Waals surface area contributed by atoms with Gasteiger partial charge in [0.25, 0.3) is 5.91 Å². The van der Waals surface area contributed by atoms with Crippen molar-refractivity contribution in [2.75, 3.05) is 0 Å². The first-order valence-electron chi connectivity index (χ1n) is 5.63. The van der Waals surface area contributed by atoms with Crippen molar-refractivity contribution >= 4 is 27.9 Å². The lowest BCUT2D eigenvalue weighted by molar-refractivity contribution is -0.129. The minimum absolute atomic E-state index is 0.326. The molecule has 2 aromatic rings. The van der Waals surface area contributed by atoms with E-state index in [0.717, 1.165) is 5.56 Å². The Kier molecular flexibility index (Phi) is 4.94. The predicted molar refractivity (Wildman–Crippen MR) is 74.8 cm³/mol. The standard InChI is InChI=1S/C14H12BrNO3/c15-13-8-6-12(19-13)7-9-14(17)16-18-10-11-4-2-1-3-5-11/h1-9H,10H2,(H,16,17)/b9-7-. The summed E-state index contributed by atoms with van der Waals surface area (Å²) >= 11 is 3.18. The number of halogens is 1. The van der Waals surface area contributed by atoms with E-state index >= 15 is 0 Å². The summed E-state index contributed by atoms with van der Waals surface area (Å²) in [4.78, 5) is 16.5. The van der Waals surface area contributed by atoms with Gasteiger partial charge in [-0.2, -0.15) is 0 Å². The number of carbonyl (C=O) groups excluding carboxylic acids is 1. The molecule has 0 radical (unpaired) electrons. The zero-order valence-electron chi connectivity index (χ0n) is 10.0. The average Bonchev–Trinajstić information content (AvgIpc) is 2.83. The molecule has 0 aliphatic heterocycles. The Morgan fingerprint density at radius 3 is 2.74 bits per heavy atom. The quantitative estimate of drug-likeness (QED) is 0.679. The van der Waals surface area contributed by atoms with Crippen LogP contribution in [0.2, 0.25) is 0 Å². The summed E-state index contributed by atoms with van der Waals surface area (Å²) in [7, 11) is 0. The number of nitrogens with one attached hydrogen (secondary N) is 1. The van der Waals surface area contributed by atoms with Crippen molar-refractivity contribution < 1.29 is 14.0 Å². The normalized spacial score (nSPS) is 10.8. The van der Waals surface area contributed by atoms with Gasteiger partial charge in [-0.25, -0.2) is 5.48 Å². The van der Waals surface area contributed by atoms with Crippen LogP contribution in [0.3, 0.4) is 0 Å². The number of carbonyl (C=O) groups is 1. The topological polar surface area (TPSA) is 51.5 Å². The highest BCUT2D eigenvalue weighted by Crippen LogP contribution is 2.14. The third-order valence-electron chi connectivity index (χ3n) is 2.25. The third-order valence-corrected chi connectivity index (χ3v) is 2.67. The zero-order valence-corrected chi connectivity index (χ0v) is 11.6. The maximum Gasteiger partial charge on any atom is 0.267 e. The van der Waals surface area contributed by atoms with Crippen LogP contribution in [0.1, 0.15) is 11.3 Å². The highest BCUT2D eigenvalue weighted by Gasteiger charge is 1.98. The smallest absolute Gasteiger partial charge is 0.267 e. The summed E-state index contributed by atoms with van der Waals surface area (Å²) in [5.41, 5.74) is 3.32. The minimum atomic E-state index is -0.344.